The third-order valence-corrected chi connectivity index (χ3v) is 3.56. The Hall–Kier alpha value is -2.01. The molecule has 0 aliphatic rings. The second-order valence-electron chi connectivity index (χ2n) is 4.89. The van der Waals surface area contributed by atoms with Crippen LogP contribution in [0.1, 0.15) is 29.8 Å². The molecule has 22 heavy (non-hydrogen) atoms. The van der Waals surface area contributed by atoms with Crippen molar-refractivity contribution in [3.05, 3.63) is 52.2 Å². The maximum atomic E-state index is 6.14. The largest absolute Gasteiger partial charge is 0.444 e. The lowest BCUT2D eigenvalue weighted by Crippen LogP contribution is -2.36. The average molecular weight is 321 g/mol. The van der Waals surface area contributed by atoms with Crippen LogP contribution in [0, 0.1) is 13.8 Å². The van der Waals surface area contributed by atoms with Crippen molar-refractivity contribution in [1.82, 2.24) is 15.6 Å². The van der Waals surface area contributed by atoms with Gasteiger partial charge in [0, 0.05) is 11.6 Å². The Morgan fingerprint density at radius 1 is 1.27 bits per heavy atom. The smallest absolute Gasteiger partial charge is 0.214 e. The molecule has 0 amide bonds. The van der Waals surface area contributed by atoms with E-state index < -0.39 is 0 Å². The van der Waals surface area contributed by atoms with Gasteiger partial charge in [0.1, 0.15) is 5.76 Å². The van der Waals surface area contributed by atoms with Gasteiger partial charge in [0.15, 0.2) is 5.96 Å². The molecule has 0 bridgehead atoms. The van der Waals surface area contributed by atoms with Gasteiger partial charge in [-0.1, -0.05) is 29.8 Å². The number of aromatic nitrogens is 1. The average Bonchev–Trinajstić information content (AvgIpc) is 2.82. The van der Waals surface area contributed by atoms with Gasteiger partial charge >= 0.3 is 0 Å². The van der Waals surface area contributed by atoms with Gasteiger partial charge < -0.3 is 15.1 Å². The maximum absolute atomic E-state index is 6.14. The van der Waals surface area contributed by atoms with Gasteiger partial charge in [0.05, 0.1) is 18.8 Å². The molecular weight excluding hydrogens is 300 g/mol. The fraction of sp³-hybridized carbons (Fsp3) is 0.375. The normalized spacial score (nSPS) is 11.5. The molecule has 0 spiro atoms. The first kappa shape index (κ1) is 16.4. The molecule has 2 aromatic rings. The SMILES string of the molecule is CCNC(=NCc1ccccc1Cl)NCc1nc(C)c(C)o1. The second kappa shape index (κ2) is 7.84. The second-order valence-corrected chi connectivity index (χ2v) is 5.30. The van der Waals surface area contributed by atoms with Crippen molar-refractivity contribution in [2.45, 2.75) is 33.9 Å². The van der Waals surface area contributed by atoms with Crippen LogP contribution in [-0.2, 0) is 13.1 Å². The highest BCUT2D eigenvalue weighted by Gasteiger charge is 2.06. The van der Waals surface area contributed by atoms with E-state index in [-0.39, 0.29) is 0 Å². The van der Waals surface area contributed by atoms with Crippen LogP contribution < -0.4 is 10.6 Å². The minimum absolute atomic E-state index is 0.489. The van der Waals surface area contributed by atoms with Gasteiger partial charge in [-0.15, -0.1) is 0 Å². The molecule has 0 saturated heterocycles. The summed E-state index contributed by atoms with van der Waals surface area (Å²) >= 11 is 6.14. The molecule has 1 aromatic carbocycles. The van der Waals surface area contributed by atoms with E-state index in [2.05, 4.69) is 20.6 Å². The van der Waals surface area contributed by atoms with E-state index in [0.29, 0.717) is 24.9 Å². The summed E-state index contributed by atoms with van der Waals surface area (Å²) in [5.41, 5.74) is 1.90. The van der Waals surface area contributed by atoms with Crippen LogP contribution >= 0.6 is 11.6 Å². The Labute approximate surface area is 135 Å². The van der Waals surface area contributed by atoms with Crippen LogP contribution in [0.25, 0.3) is 0 Å². The first-order chi connectivity index (χ1) is 10.6. The summed E-state index contributed by atoms with van der Waals surface area (Å²) in [6.07, 6.45) is 0. The van der Waals surface area contributed by atoms with Gasteiger partial charge in [-0.05, 0) is 32.4 Å². The van der Waals surface area contributed by atoms with E-state index in [1.165, 1.54) is 0 Å². The van der Waals surface area contributed by atoms with Gasteiger partial charge in [-0.3, -0.25) is 0 Å². The van der Waals surface area contributed by atoms with E-state index >= 15 is 0 Å². The fourth-order valence-electron chi connectivity index (χ4n) is 1.91. The molecule has 0 aliphatic heterocycles. The molecule has 0 atom stereocenters. The predicted octanol–water partition coefficient (Wildman–Crippen LogP) is 3.20. The summed E-state index contributed by atoms with van der Waals surface area (Å²) in [5, 5.41) is 7.12. The minimum Gasteiger partial charge on any atom is -0.444 e. The molecule has 1 heterocycles. The van der Waals surface area contributed by atoms with Gasteiger partial charge in [0.2, 0.25) is 5.89 Å². The van der Waals surface area contributed by atoms with Crippen LogP contribution in [0.5, 0.6) is 0 Å². The van der Waals surface area contributed by atoms with Gasteiger partial charge in [-0.25, -0.2) is 9.98 Å². The summed E-state index contributed by atoms with van der Waals surface area (Å²) in [6.45, 7) is 7.63. The number of guanidine groups is 1. The number of rotatable bonds is 5. The van der Waals surface area contributed by atoms with E-state index in [0.717, 1.165) is 28.6 Å². The Balaban J connectivity index is 1.99. The lowest BCUT2D eigenvalue weighted by Gasteiger charge is -2.10. The number of hydrogen-bond donors (Lipinski definition) is 2. The number of hydrogen-bond acceptors (Lipinski definition) is 3. The molecule has 0 saturated carbocycles. The Kier molecular flexibility index (Phi) is 5.83. The van der Waals surface area contributed by atoms with E-state index in [1.54, 1.807) is 0 Å². The van der Waals surface area contributed by atoms with Crippen LogP contribution in [0.15, 0.2) is 33.7 Å². The first-order valence-corrected chi connectivity index (χ1v) is 7.66. The molecule has 0 unspecified atom stereocenters. The number of halogens is 1. The standard InChI is InChI=1S/C16H21ClN4O/c1-4-18-16(19-9-13-7-5-6-8-14(13)17)20-10-15-21-11(2)12(3)22-15/h5-8H,4,9-10H2,1-3H3,(H2,18,19,20). The Bertz CT molecular complexity index is 632. The zero-order valence-electron chi connectivity index (χ0n) is 13.1. The summed E-state index contributed by atoms with van der Waals surface area (Å²) < 4.78 is 5.55. The minimum atomic E-state index is 0.489. The van der Waals surface area contributed by atoms with Crippen LogP contribution in [0.4, 0.5) is 0 Å². The number of aliphatic imine (C=N–C) groups is 1. The lowest BCUT2D eigenvalue weighted by molar-refractivity contribution is 0.463. The molecule has 5 nitrogen and oxygen atoms in total. The Morgan fingerprint density at radius 3 is 2.68 bits per heavy atom. The highest BCUT2D eigenvalue weighted by Crippen LogP contribution is 2.15. The molecule has 6 heteroatoms. The van der Waals surface area contributed by atoms with Crippen molar-refractivity contribution in [1.29, 1.82) is 0 Å². The summed E-state index contributed by atoms with van der Waals surface area (Å²) in [6, 6.07) is 7.70. The summed E-state index contributed by atoms with van der Waals surface area (Å²) in [5.74, 6) is 2.20. The van der Waals surface area contributed by atoms with Crippen molar-refractivity contribution in [2.24, 2.45) is 4.99 Å². The summed E-state index contributed by atoms with van der Waals surface area (Å²) in [4.78, 5) is 8.87. The number of oxazole rings is 1. The quantitative estimate of drug-likeness (QED) is 0.656. The number of nitrogens with one attached hydrogen (secondary N) is 2. The van der Waals surface area contributed by atoms with E-state index in [1.807, 2.05) is 45.0 Å². The van der Waals surface area contributed by atoms with E-state index in [4.69, 9.17) is 16.0 Å². The van der Waals surface area contributed by atoms with Crippen molar-refractivity contribution in [3.8, 4) is 0 Å². The molecule has 0 fully saturated rings. The fourth-order valence-corrected chi connectivity index (χ4v) is 2.10. The number of aryl methyl sites for hydroxylation is 2. The molecule has 0 aliphatic carbocycles. The molecule has 2 rings (SSSR count). The number of benzene rings is 1. The highest BCUT2D eigenvalue weighted by molar-refractivity contribution is 6.31. The molecule has 118 valence electrons. The Morgan fingerprint density at radius 2 is 2.05 bits per heavy atom. The molecule has 1 aromatic heterocycles. The first-order valence-electron chi connectivity index (χ1n) is 7.28. The van der Waals surface area contributed by atoms with Gasteiger partial charge in [0.25, 0.3) is 0 Å². The summed E-state index contributed by atoms with van der Waals surface area (Å²) in [7, 11) is 0. The third-order valence-electron chi connectivity index (χ3n) is 3.19. The molecule has 2 N–H and O–H groups in total. The zero-order valence-corrected chi connectivity index (χ0v) is 13.9. The van der Waals surface area contributed by atoms with E-state index in [9.17, 15) is 0 Å². The topological polar surface area (TPSA) is 62.5 Å². The molecule has 0 radical (unpaired) electrons. The van der Waals surface area contributed by atoms with Crippen molar-refractivity contribution >= 4 is 17.6 Å². The number of nitrogens with zero attached hydrogens (tertiary/aromatic N) is 2. The zero-order chi connectivity index (χ0) is 15.9. The van der Waals surface area contributed by atoms with Crippen molar-refractivity contribution in [2.75, 3.05) is 6.54 Å². The predicted molar refractivity (Wildman–Crippen MR) is 89.1 cm³/mol. The monoisotopic (exact) mass is 320 g/mol. The maximum Gasteiger partial charge on any atom is 0.214 e. The van der Waals surface area contributed by atoms with Crippen LogP contribution in [0.3, 0.4) is 0 Å². The van der Waals surface area contributed by atoms with Crippen molar-refractivity contribution < 1.29 is 4.42 Å². The van der Waals surface area contributed by atoms with Crippen LogP contribution in [0.2, 0.25) is 5.02 Å². The molecular formula is C16H21ClN4O. The van der Waals surface area contributed by atoms with Crippen molar-refractivity contribution in [3.63, 3.8) is 0 Å². The van der Waals surface area contributed by atoms with Crippen LogP contribution in [-0.4, -0.2) is 17.5 Å². The van der Waals surface area contributed by atoms with Gasteiger partial charge in [-0.2, -0.15) is 0 Å². The lowest BCUT2D eigenvalue weighted by atomic mass is 10.2. The third kappa shape index (κ3) is 4.49. The highest BCUT2D eigenvalue weighted by atomic mass is 35.5.